The van der Waals surface area contributed by atoms with Gasteiger partial charge in [0, 0.05) is 22.8 Å². The zero-order valence-corrected chi connectivity index (χ0v) is 18.3. The second-order valence-electron chi connectivity index (χ2n) is 8.15. The third-order valence-corrected chi connectivity index (χ3v) is 9.43. The van der Waals surface area contributed by atoms with Crippen LogP contribution in [0.15, 0.2) is 42.5 Å². The number of halogens is 1. The van der Waals surface area contributed by atoms with Gasteiger partial charge in [0.05, 0.1) is 22.9 Å². The molecule has 8 nitrogen and oxygen atoms in total. The van der Waals surface area contributed by atoms with Gasteiger partial charge in [-0.1, -0.05) is 17.7 Å². The Morgan fingerprint density at radius 2 is 2.09 bits per heavy atom. The number of carbonyl (C=O) groups is 1. The first-order valence-electron chi connectivity index (χ1n) is 10.1. The summed E-state index contributed by atoms with van der Waals surface area (Å²) in [6, 6.07) is 11.6. The molecule has 1 spiro atoms. The summed E-state index contributed by atoms with van der Waals surface area (Å²) >= 11 is 6.00. The highest BCUT2D eigenvalue weighted by Gasteiger charge is 2.71. The Balaban J connectivity index is 1.63. The Bertz CT molecular complexity index is 1260. The normalized spacial score (nSPS) is 31.9. The van der Waals surface area contributed by atoms with Crippen molar-refractivity contribution in [3.8, 4) is 11.8 Å². The molecule has 5 unspecified atom stereocenters. The van der Waals surface area contributed by atoms with Crippen molar-refractivity contribution < 1.29 is 27.8 Å². The zero-order chi connectivity index (χ0) is 22.7. The highest BCUT2D eigenvalue weighted by Crippen LogP contribution is 2.53. The number of fused-ring (bicyclic) bond motifs is 4. The Morgan fingerprint density at radius 1 is 1.28 bits per heavy atom. The Morgan fingerprint density at radius 3 is 2.81 bits per heavy atom. The molecule has 2 bridgehead atoms. The number of aliphatic hydroxyl groups excluding tert-OH is 1. The molecule has 2 aromatic rings. The minimum Gasteiger partial charge on any atom is -0.465 e. The molecule has 3 heterocycles. The predicted molar refractivity (Wildman–Crippen MR) is 114 cm³/mol. The highest BCUT2D eigenvalue weighted by atomic mass is 35.5. The number of benzene rings is 2. The Labute approximate surface area is 189 Å². The van der Waals surface area contributed by atoms with Gasteiger partial charge in [-0.2, -0.15) is 5.26 Å². The molecule has 10 heteroatoms. The molecule has 166 valence electrons. The van der Waals surface area contributed by atoms with E-state index in [9.17, 15) is 23.6 Å². The number of carbonyl (C=O) groups excluding carboxylic acids is 1. The number of nitrogens with zero attached hydrogens (tertiary/aromatic N) is 1. The molecule has 0 aliphatic carbocycles. The molecular weight excluding hydrogens is 456 g/mol. The van der Waals surface area contributed by atoms with Crippen LogP contribution in [0.2, 0.25) is 5.02 Å². The van der Waals surface area contributed by atoms with E-state index in [1.165, 1.54) is 24.3 Å². The number of hydrogen-bond donors (Lipinski definition) is 2. The van der Waals surface area contributed by atoms with Gasteiger partial charge in [0.15, 0.2) is 9.84 Å². The number of ether oxygens (including phenoxy) is 2. The molecular formula is C22H19ClN2O6S. The van der Waals surface area contributed by atoms with Gasteiger partial charge in [-0.15, -0.1) is 0 Å². The van der Waals surface area contributed by atoms with Crippen molar-refractivity contribution in [2.45, 2.75) is 41.3 Å². The largest absolute Gasteiger partial charge is 0.465 e. The highest BCUT2D eigenvalue weighted by molar-refractivity contribution is 7.93. The maximum absolute atomic E-state index is 13.5. The molecule has 0 radical (unpaired) electrons. The first-order valence-corrected chi connectivity index (χ1v) is 12.0. The Hall–Kier alpha value is -2.64. The average Bonchev–Trinajstić information content (AvgIpc) is 2.93. The van der Waals surface area contributed by atoms with Gasteiger partial charge >= 0.3 is 0 Å². The second kappa shape index (κ2) is 7.46. The van der Waals surface area contributed by atoms with Gasteiger partial charge < -0.3 is 19.9 Å². The van der Waals surface area contributed by atoms with E-state index in [1.54, 1.807) is 18.2 Å². The molecule has 2 fully saturated rings. The maximum Gasteiger partial charge on any atom is 0.262 e. The molecule has 1 amide bonds. The second-order valence-corrected chi connectivity index (χ2v) is 11.0. The fraction of sp³-hybridized carbons (Fsp3) is 0.364. The van der Waals surface area contributed by atoms with Gasteiger partial charge in [-0.25, -0.2) is 8.42 Å². The van der Waals surface area contributed by atoms with Crippen LogP contribution >= 0.6 is 11.6 Å². The van der Waals surface area contributed by atoms with E-state index in [4.69, 9.17) is 21.1 Å². The quantitative estimate of drug-likeness (QED) is 0.682. The monoisotopic (exact) mass is 474 g/mol. The van der Waals surface area contributed by atoms with Crippen LogP contribution in [0.1, 0.15) is 40.4 Å². The molecule has 5 atom stereocenters. The zero-order valence-electron chi connectivity index (χ0n) is 16.7. The number of hydrogen-bond acceptors (Lipinski definition) is 7. The molecule has 2 saturated heterocycles. The minimum atomic E-state index is -3.97. The topological polar surface area (TPSA) is 126 Å². The number of rotatable bonds is 2. The number of sulfone groups is 1. The summed E-state index contributed by atoms with van der Waals surface area (Å²) in [7, 11) is -3.97. The smallest absolute Gasteiger partial charge is 0.262 e. The SMILES string of the molecule is N#Cc1ccc2c(c1)C(NC(=O)c1cccc(Cl)c1)C(O)C1(O2)C2CC(CCO2)S1(=O)=O. The van der Waals surface area contributed by atoms with E-state index in [0.717, 1.165) is 0 Å². The molecule has 0 saturated carbocycles. The summed E-state index contributed by atoms with van der Waals surface area (Å²) < 4.78 is 38.7. The number of amides is 1. The molecule has 3 aliphatic rings. The van der Waals surface area contributed by atoms with Crippen molar-refractivity contribution in [2.24, 2.45) is 0 Å². The van der Waals surface area contributed by atoms with E-state index >= 15 is 0 Å². The molecule has 2 aromatic carbocycles. The maximum atomic E-state index is 13.5. The van der Waals surface area contributed by atoms with Crippen LogP contribution < -0.4 is 10.1 Å². The summed E-state index contributed by atoms with van der Waals surface area (Å²) in [5.74, 6) is -0.383. The van der Waals surface area contributed by atoms with Crippen LogP contribution in [-0.2, 0) is 14.6 Å². The van der Waals surface area contributed by atoms with E-state index < -0.39 is 44.2 Å². The summed E-state index contributed by atoms with van der Waals surface area (Å²) in [6.07, 6.45) is -2.02. The van der Waals surface area contributed by atoms with Crippen molar-refractivity contribution in [1.82, 2.24) is 5.32 Å². The van der Waals surface area contributed by atoms with E-state index in [1.807, 2.05) is 6.07 Å². The molecule has 0 aromatic heterocycles. The third-order valence-electron chi connectivity index (χ3n) is 6.41. The fourth-order valence-corrected chi connectivity index (χ4v) is 7.61. The van der Waals surface area contributed by atoms with Gasteiger partial charge in [0.2, 0.25) is 0 Å². The standard InChI is InChI=1S/C22H19ClN2O6S/c23-14-3-1-2-13(9-14)21(27)25-19-16-8-12(11-24)4-5-17(16)31-22(20(19)26)18-10-15(6-7-30-18)32(22,28)29/h1-5,8-9,15,18-20,26H,6-7,10H2,(H,25,27). The van der Waals surface area contributed by atoms with Crippen molar-refractivity contribution in [2.75, 3.05) is 6.61 Å². The lowest BCUT2D eigenvalue weighted by molar-refractivity contribution is -0.121. The van der Waals surface area contributed by atoms with Crippen molar-refractivity contribution >= 4 is 27.3 Å². The van der Waals surface area contributed by atoms with Gasteiger partial charge in [0.25, 0.3) is 10.8 Å². The summed E-state index contributed by atoms with van der Waals surface area (Å²) in [5, 5.41) is 23.2. The van der Waals surface area contributed by atoms with Crippen LogP contribution in [0.5, 0.6) is 5.75 Å². The minimum absolute atomic E-state index is 0.172. The number of nitrogens with one attached hydrogen (secondary N) is 1. The average molecular weight is 475 g/mol. The number of nitriles is 1. The van der Waals surface area contributed by atoms with E-state index in [-0.39, 0.29) is 29.9 Å². The third kappa shape index (κ3) is 2.94. The first-order chi connectivity index (χ1) is 15.3. The van der Waals surface area contributed by atoms with Crippen LogP contribution in [0.25, 0.3) is 0 Å². The van der Waals surface area contributed by atoms with Gasteiger partial charge in [-0.05, 0) is 49.2 Å². The van der Waals surface area contributed by atoms with Crippen LogP contribution in [-0.4, -0.2) is 48.4 Å². The van der Waals surface area contributed by atoms with E-state index in [2.05, 4.69) is 5.32 Å². The molecule has 5 rings (SSSR count). The lowest BCUT2D eigenvalue weighted by Crippen LogP contribution is -2.64. The van der Waals surface area contributed by atoms with Gasteiger partial charge in [-0.3, -0.25) is 4.79 Å². The first kappa shape index (κ1) is 21.2. The van der Waals surface area contributed by atoms with Crippen molar-refractivity contribution in [1.29, 1.82) is 5.26 Å². The molecule has 2 N–H and O–H groups in total. The van der Waals surface area contributed by atoms with Gasteiger partial charge in [0.1, 0.15) is 18.0 Å². The summed E-state index contributed by atoms with van der Waals surface area (Å²) in [6.45, 7) is 0.242. The van der Waals surface area contributed by atoms with Crippen LogP contribution in [0.4, 0.5) is 0 Å². The lowest BCUT2D eigenvalue weighted by atomic mass is 9.88. The van der Waals surface area contributed by atoms with Crippen molar-refractivity contribution in [3.05, 3.63) is 64.2 Å². The number of aliphatic hydroxyl groups is 1. The molecule has 3 aliphatic heterocycles. The van der Waals surface area contributed by atoms with E-state index in [0.29, 0.717) is 17.0 Å². The summed E-state index contributed by atoms with van der Waals surface area (Å²) in [5.41, 5.74) is 0.837. The summed E-state index contributed by atoms with van der Waals surface area (Å²) in [4.78, 5) is 10.9. The van der Waals surface area contributed by atoms with Crippen molar-refractivity contribution in [3.63, 3.8) is 0 Å². The fourth-order valence-electron chi connectivity index (χ4n) is 4.85. The molecule has 32 heavy (non-hydrogen) atoms. The predicted octanol–water partition coefficient (Wildman–Crippen LogP) is 2.11. The lowest BCUT2D eigenvalue weighted by Gasteiger charge is -2.45. The van der Waals surface area contributed by atoms with Crippen LogP contribution in [0.3, 0.4) is 0 Å². The Kier molecular flexibility index (Phi) is 4.94. The van der Waals surface area contributed by atoms with Crippen LogP contribution in [0, 0.1) is 11.3 Å².